The first-order valence-corrected chi connectivity index (χ1v) is 5.51. The summed E-state index contributed by atoms with van der Waals surface area (Å²) in [6.45, 7) is 4.52. The van der Waals surface area contributed by atoms with Crippen molar-refractivity contribution in [3.8, 4) is 0 Å². The van der Waals surface area contributed by atoms with Gasteiger partial charge in [0.15, 0.2) is 0 Å². The molecule has 1 aliphatic rings. The highest BCUT2D eigenvalue weighted by Crippen LogP contribution is 2.21. The number of nitrogens with one attached hydrogen (secondary N) is 1. The fourth-order valence-electron chi connectivity index (χ4n) is 1.68. The van der Waals surface area contributed by atoms with Crippen LogP contribution in [-0.2, 0) is 0 Å². The number of aromatic nitrogens is 1. The molecule has 0 aliphatic carbocycles. The zero-order valence-corrected chi connectivity index (χ0v) is 8.60. The fraction of sp³-hybridized carbons (Fsp3) is 0.500. The van der Waals surface area contributed by atoms with E-state index < -0.39 is 0 Å². The Morgan fingerprint density at radius 1 is 1.77 bits per heavy atom. The molecule has 2 rings (SSSR count). The van der Waals surface area contributed by atoms with Crippen LogP contribution in [0.4, 0.5) is 0 Å². The topological polar surface area (TPSA) is 24.9 Å². The van der Waals surface area contributed by atoms with E-state index in [-0.39, 0.29) is 0 Å². The number of hydrogen-bond acceptors (Lipinski definition) is 3. The molecule has 0 amide bonds. The maximum Gasteiger partial charge on any atom is 0.0797 e. The summed E-state index contributed by atoms with van der Waals surface area (Å²) in [4.78, 5) is 5.33. The van der Waals surface area contributed by atoms with Gasteiger partial charge in [0.2, 0.25) is 0 Å². The molecule has 1 saturated heterocycles. The third kappa shape index (κ3) is 2.17. The van der Waals surface area contributed by atoms with Crippen LogP contribution in [0, 0.1) is 5.92 Å². The molecule has 0 aromatic carbocycles. The van der Waals surface area contributed by atoms with Crippen molar-refractivity contribution in [3.63, 3.8) is 0 Å². The molecule has 1 atom stereocenters. The molecule has 1 aromatic heterocycles. The molecule has 3 heteroatoms. The molecule has 0 bridgehead atoms. The van der Waals surface area contributed by atoms with Crippen LogP contribution in [0.3, 0.4) is 0 Å². The minimum absolute atomic E-state index is 0.738. The minimum Gasteiger partial charge on any atom is -0.316 e. The van der Waals surface area contributed by atoms with Crippen molar-refractivity contribution < 1.29 is 0 Å². The number of thiazole rings is 1. The van der Waals surface area contributed by atoms with E-state index in [0.717, 1.165) is 12.5 Å². The van der Waals surface area contributed by atoms with Gasteiger partial charge in [-0.2, -0.15) is 0 Å². The SMILES string of the molecule is C/C(=C/c1cncs1)C1CCNC1. The van der Waals surface area contributed by atoms with Gasteiger partial charge in [-0.1, -0.05) is 5.57 Å². The molecule has 0 radical (unpaired) electrons. The summed E-state index contributed by atoms with van der Waals surface area (Å²) in [6.07, 6.45) is 5.47. The Morgan fingerprint density at radius 2 is 2.69 bits per heavy atom. The van der Waals surface area contributed by atoms with Crippen molar-refractivity contribution >= 4 is 17.4 Å². The Hall–Kier alpha value is -0.670. The Morgan fingerprint density at radius 3 is 3.31 bits per heavy atom. The van der Waals surface area contributed by atoms with E-state index in [1.54, 1.807) is 11.3 Å². The lowest BCUT2D eigenvalue weighted by atomic mass is 9.99. The second kappa shape index (κ2) is 4.03. The van der Waals surface area contributed by atoms with Gasteiger partial charge < -0.3 is 5.32 Å². The lowest BCUT2D eigenvalue weighted by Crippen LogP contribution is -2.09. The average Bonchev–Trinajstić information content (AvgIpc) is 2.74. The van der Waals surface area contributed by atoms with Crippen molar-refractivity contribution in [1.82, 2.24) is 10.3 Å². The van der Waals surface area contributed by atoms with Crippen LogP contribution in [0.5, 0.6) is 0 Å². The summed E-state index contributed by atoms with van der Waals surface area (Å²) >= 11 is 1.70. The van der Waals surface area contributed by atoms with Crippen molar-refractivity contribution in [2.24, 2.45) is 5.92 Å². The largest absolute Gasteiger partial charge is 0.316 e. The molecular formula is C10H14N2S. The van der Waals surface area contributed by atoms with Crippen LogP contribution in [-0.4, -0.2) is 18.1 Å². The first-order chi connectivity index (χ1) is 6.36. The van der Waals surface area contributed by atoms with E-state index in [0.29, 0.717) is 0 Å². The second-order valence-electron chi connectivity index (χ2n) is 3.48. The lowest BCUT2D eigenvalue weighted by molar-refractivity contribution is 0.687. The van der Waals surface area contributed by atoms with Gasteiger partial charge in [-0.15, -0.1) is 11.3 Å². The normalized spacial score (nSPS) is 23.8. The Bertz CT molecular complexity index is 284. The molecular weight excluding hydrogens is 180 g/mol. The maximum atomic E-state index is 4.06. The predicted octanol–water partition coefficient (Wildman–Crippen LogP) is 2.16. The van der Waals surface area contributed by atoms with Gasteiger partial charge in [-0.25, -0.2) is 0 Å². The number of nitrogens with zero attached hydrogens (tertiary/aromatic N) is 1. The Balaban J connectivity index is 2.07. The van der Waals surface area contributed by atoms with Gasteiger partial charge in [0.05, 0.1) is 5.51 Å². The zero-order chi connectivity index (χ0) is 9.10. The van der Waals surface area contributed by atoms with E-state index in [9.17, 15) is 0 Å². The van der Waals surface area contributed by atoms with Gasteiger partial charge in [0, 0.05) is 17.6 Å². The Kier molecular flexibility index (Phi) is 2.76. The van der Waals surface area contributed by atoms with Crippen LogP contribution >= 0.6 is 11.3 Å². The van der Waals surface area contributed by atoms with E-state index in [4.69, 9.17) is 0 Å². The summed E-state index contributed by atoms with van der Waals surface area (Å²) in [6, 6.07) is 0. The molecule has 2 heterocycles. The fourth-order valence-corrected chi connectivity index (χ4v) is 2.30. The summed E-state index contributed by atoms with van der Waals surface area (Å²) in [7, 11) is 0. The second-order valence-corrected chi connectivity index (χ2v) is 4.40. The first-order valence-electron chi connectivity index (χ1n) is 4.63. The standard InChI is InChI=1S/C10H14N2S/c1-8(9-2-3-11-5-9)4-10-6-12-7-13-10/h4,6-7,9,11H,2-3,5H2,1H3/b8-4-. The predicted molar refractivity (Wildman–Crippen MR) is 56.7 cm³/mol. The van der Waals surface area contributed by atoms with E-state index in [2.05, 4.69) is 23.3 Å². The van der Waals surface area contributed by atoms with Crippen LogP contribution in [0.15, 0.2) is 17.3 Å². The van der Waals surface area contributed by atoms with Crippen molar-refractivity contribution in [3.05, 3.63) is 22.2 Å². The zero-order valence-electron chi connectivity index (χ0n) is 7.79. The highest BCUT2D eigenvalue weighted by Gasteiger charge is 2.15. The van der Waals surface area contributed by atoms with Crippen LogP contribution in [0.1, 0.15) is 18.2 Å². The monoisotopic (exact) mass is 194 g/mol. The van der Waals surface area contributed by atoms with Gasteiger partial charge in [-0.3, -0.25) is 4.98 Å². The molecule has 1 fully saturated rings. The summed E-state index contributed by atoms with van der Waals surface area (Å²) in [5.41, 5.74) is 3.36. The van der Waals surface area contributed by atoms with Crippen LogP contribution in [0.2, 0.25) is 0 Å². The van der Waals surface area contributed by atoms with E-state index in [1.807, 2.05) is 11.7 Å². The molecule has 13 heavy (non-hydrogen) atoms. The van der Waals surface area contributed by atoms with Gasteiger partial charge in [-0.05, 0) is 31.9 Å². The quantitative estimate of drug-likeness (QED) is 0.780. The maximum absolute atomic E-state index is 4.06. The highest BCUT2D eigenvalue weighted by atomic mass is 32.1. The van der Waals surface area contributed by atoms with Gasteiger partial charge in [0.25, 0.3) is 0 Å². The summed E-state index contributed by atoms with van der Waals surface area (Å²) in [5, 5.41) is 3.38. The first kappa shape index (κ1) is 8.91. The van der Waals surface area contributed by atoms with E-state index >= 15 is 0 Å². The molecule has 1 aliphatic heterocycles. The molecule has 1 N–H and O–H groups in total. The van der Waals surface area contributed by atoms with Crippen molar-refractivity contribution in [1.29, 1.82) is 0 Å². The summed E-state index contributed by atoms with van der Waals surface area (Å²) < 4.78 is 0. The Labute approximate surface area is 82.7 Å². The third-order valence-corrected chi connectivity index (χ3v) is 3.25. The summed E-state index contributed by atoms with van der Waals surface area (Å²) in [5.74, 6) is 0.738. The third-order valence-electron chi connectivity index (χ3n) is 2.53. The molecule has 70 valence electrons. The van der Waals surface area contributed by atoms with Gasteiger partial charge in [0.1, 0.15) is 0 Å². The molecule has 1 aromatic rings. The molecule has 2 nitrogen and oxygen atoms in total. The van der Waals surface area contributed by atoms with Crippen molar-refractivity contribution in [2.75, 3.05) is 13.1 Å². The van der Waals surface area contributed by atoms with Crippen LogP contribution in [0.25, 0.3) is 6.08 Å². The van der Waals surface area contributed by atoms with Gasteiger partial charge >= 0.3 is 0 Å². The average molecular weight is 194 g/mol. The van der Waals surface area contributed by atoms with E-state index in [1.165, 1.54) is 23.4 Å². The number of rotatable bonds is 2. The smallest absolute Gasteiger partial charge is 0.0797 e. The highest BCUT2D eigenvalue weighted by molar-refractivity contribution is 7.10. The molecule has 1 unspecified atom stereocenters. The number of hydrogen-bond donors (Lipinski definition) is 1. The molecule has 0 spiro atoms. The minimum atomic E-state index is 0.738. The van der Waals surface area contributed by atoms with Crippen molar-refractivity contribution in [2.45, 2.75) is 13.3 Å². The van der Waals surface area contributed by atoms with Crippen LogP contribution < -0.4 is 5.32 Å². The lowest BCUT2D eigenvalue weighted by Gasteiger charge is -2.07. The molecule has 0 saturated carbocycles.